The normalized spacial score (nSPS) is 17.3. The molecule has 0 aromatic heterocycles. The van der Waals surface area contributed by atoms with E-state index in [-0.39, 0.29) is 19.9 Å². The molecule has 16 heavy (non-hydrogen) atoms. The van der Waals surface area contributed by atoms with Gasteiger partial charge >= 0.3 is 0 Å². The predicted molar refractivity (Wildman–Crippen MR) is 61.9 cm³/mol. The molecule has 1 aliphatic heterocycles. The second-order valence-electron chi connectivity index (χ2n) is 3.88. The summed E-state index contributed by atoms with van der Waals surface area (Å²) in [4.78, 5) is 1.60. The van der Waals surface area contributed by atoms with Crippen molar-refractivity contribution in [2.24, 2.45) is 0 Å². The SMILES string of the molecule is OCN1c2ccccc2C=CC1(CO)CO. The van der Waals surface area contributed by atoms with E-state index in [2.05, 4.69) is 0 Å². The Morgan fingerprint density at radius 3 is 2.38 bits per heavy atom. The van der Waals surface area contributed by atoms with Crippen LogP contribution in [0.1, 0.15) is 5.56 Å². The molecule has 1 heterocycles. The maximum Gasteiger partial charge on any atom is 0.116 e. The number of nitrogens with zero attached hydrogens (tertiary/aromatic N) is 1. The number of hydrogen-bond acceptors (Lipinski definition) is 4. The molecule has 0 fully saturated rings. The fraction of sp³-hybridized carbons (Fsp3) is 0.333. The molecule has 0 saturated carbocycles. The minimum Gasteiger partial charge on any atom is -0.393 e. The van der Waals surface area contributed by atoms with E-state index >= 15 is 0 Å². The van der Waals surface area contributed by atoms with Gasteiger partial charge in [-0.3, -0.25) is 0 Å². The van der Waals surface area contributed by atoms with Gasteiger partial charge in [0.2, 0.25) is 0 Å². The molecule has 0 atom stereocenters. The third-order valence-electron chi connectivity index (χ3n) is 3.03. The Morgan fingerprint density at radius 2 is 1.75 bits per heavy atom. The summed E-state index contributed by atoms with van der Waals surface area (Å²) in [6.45, 7) is -0.730. The number of para-hydroxylation sites is 1. The fourth-order valence-corrected chi connectivity index (χ4v) is 1.99. The van der Waals surface area contributed by atoms with E-state index in [0.29, 0.717) is 0 Å². The zero-order valence-corrected chi connectivity index (χ0v) is 8.87. The van der Waals surface area contributed by atoms with Crippen LogP contribution < -0.4 is 4.90 Å². The molecule has 4 nitrogen and oxygen atoms in total. The maximum absolute atomic E-state index is 9.41. The Kier molecular flexibility index (Phi) is 2.96. The van der Waals surface area contributed by atoms with Gasteiger partial charge in [0, 0.05) is 5.69 Å². The fourth-order valence-electron chi connectivity index (χ4n) is 1.99. The van der Waals surface area contributed by atoms with Crippen molar-refractivity contribution in [1.82, 2.24) is 0 Å². The number of benzene rings is 1. The Labute approximate surface area is 94.1 Å². The first-order valence-corrected chi connectivity index (χ1v) is 5.16. The average Bonchev–Trinajstić information content (AvgIpc) is 2.37. The van der Waals surface area contributed by atoms with Crippen molar-refractivity contribution in [3.8, 4) is 0 Å². The van der Waals surface area contributed by atoms with Crippen molar-refractivity contribution in [2.75, 3.05) is 24.8 Å². The van der Waals surface area contributed by atoms with Crippen molar-refractivity contribution in [2.45, 2.75) is 5.54 Å². The van der Waals surface area contributed by atoms with Crippen LogP contribution in [0.25, 0.3) is 6.08 Å². The first-order valence-electron chi connectivity index (χ1n) is 5.16. The van der Waals surface area contributed by atoms with E-state index in [9.17, 15) is 15.3 Å². The summed E-state index contributed by atoms with van der Waals surface area (Å²) >= 11 is 0. The molecule has 86 valence electrons. The molecule has 2 rings (SSSR count). The molecule has 1 aromatic carbocycles. The van der Waals surface area contributed by atoms with Crippen LogP contribution >= 0.6 is 0 Å². The van der Waals surface area contributed by atoms with E-state index in [1.807, 2.05) is 30.3 Å². The predicted octanol–water partition coefficient (Wildman–Crippen LogP) is 0.193. The van der Waals surface area contributed by atoms with Crippen molar-refractivity contribution in [3.63, 3.8) is 0 Å². The summed E-state index contributed by atoms with van der Waals surface area (Å²) in [6.07, 6.45) is 3.58. The molecule has 0 radical (unpaired) electrons. The van der Waals surface area contributed by atoms with Crippen LogP contribution in [0.3, 0.4) is 0 Å². The monoisotopic (exact) mass is 221 g/mol. The second-order valence-corrected chi connectivity index (χ2v) is 3.88. The van der Waals surface area contributed by atoms with Gasteiger partial charge in [0.05, 0.1) is 13.2 Å². The molecule has 1 aromatic rings. The molecule has 3 N–H and O–H groups in total. The molecule has 4 heteroatoms. The summed E-state index contributed by atoms with van der Waals surface area (Å²) in [5.41, 5.74) is 0.869. The number of aliphatic hydroxyl groups excluding tert-OH is 3. The van der Waals surface area contributed by atoms with Crippen molar-refractivity contribution in [1.29, 1.82) is 0 Å². The number of rotatable bonds is 3. The highest BCUT2D eigenvalue weighted by atomic mass is 16.3. The van der Waals surface area contributed by atoms with Gasteiger partial charge in [0.1, 0.15) is 12.3 Å². The summed E-state index contributed by atoms with van der Waals surface area (Å²) in [7, 11) is 0. The third-order valence-corrected chi connectivity index (χ3v) is 3.03. The molecule has 0 amide bonds. The average molecular weight is 221 g/mol. The molecule has 0 unspecified atom stereocenters. The van der Waals surface area contributed by atoms with Crippen LogP contribution in [0.2, 0.25) is 0 Å². The van der Waals surface area contributed by atoms with Crippen LogP contribution in [0.4, 0.5) is 5.69 Å². The highest BCUT2D eigenvalue weighted by molar-refractivity contribution is 5.73. The first kappa shape index (κ1) is 11.1. The van der Waals surface area contributed by atoms with Gasteiger partial charge < -0.3 is 20.2 Å². The van der Waals surface area contributed by atoms with Gasteiger partial charge in [-0.25, -0.2) is 0 Å². The summed E-state index contributed by atoms with van der Waals surface area (Å²) in [6, 6.07) is 7.55. The number of anilines is 1. The number of hydrogen-bond donors (Lipinski definition) is 3. The maximum atomic E-state index is 9.41. The molecule has 0 spiro atoms. The Morgan fingerprint density at radius 1 is 1.06 bits per heavy atom. The Bertz CT molecular complexity index is 399. The van der Waals surface area contributed by atoms with E-state index in [1.54, 1.807) is 11.0 Å². The quantitative estimate of drug-likeness (QED) is 0.682. The highest BCUT2D eigenvalue weighted by Gasteiger charge is 2.36. The summed E-state index contributed by atoms with van der Waals surface area (Å²) in [5.74, 6) is 0. The van der Waals surface area contributed by atoms with Crippen molar-refractivity contribution in [3.05, 3.63) is 35.9 Å². The van der Waals surface area contributed by atoms with Crippen LogP contribution in [0.15, 0.2) is 30.3 Å². The smallest absolute Gasteiger partial charge is 0.116 e. The lowest BCUT2D eigenvalue weighted by molar-refractivity contribution is 0.124. The van der Waals surface area contributed by atoms with E-state index in [0.717, 1.165) is 11.3 Å². The van der Waals surface area contributed by atoms with Crippen LogP contribution in [-0.4, -0.2) is 40.8 Å². The van der Waals surface area contributed by atoms with Crippen LogP contribution in [0, 0.1) is 0 Å². The highest BCUT2D eigenvalue weighted by Crippen LogP contribution is 2.33. The standard InChI is InChI=1S/C12H15NO3/c14-7-12(8-15)6-5-10-3-1-2-4-11(10)13(12)9-16/h1-6,14-16H,7-9H2. The first-order chi connectivity index (χ1) is 7.77. The van der Waals surface area contributed by atoms with Gasteiger partial charge in [-0.1, -0.05) is 30.4 Å². The lowest BCUT2D eigenvalue weighted by Crippen LogP contribution is -2.55. The van der Waals surface area contributed by atoms with E-state index in [1.165, 1.54) is 0 Å². The summed E-state index contributed by atoms with van der Waals surface area (Å²) in [5, 5.41) is 28.2. The van der Waals surface area contributed by atoms with Gasteiger partial charge in [0.25, 0.3) is 0 Å². The third kappa shape index (κ3) is 1.51. The van der Waals surface area contributed by atoms with Crippen molar-refractivity contribution >= 4 is 11.8 Å². The molecular weight excluding hydrogens is 206 g/mol. The van der Waals surface area contributed by atoms with Crippen LogP contribution in [-0.2, 0) is 0 Å². The molecular formula is C12H15NO3. The van der Waals surface area contributed by atoms with Gasteiger partial charge in [0.15, 0.2) is 0 Å². The summed E-state index contributed by atoms with van der Waals surface area (Å²) < 4.78 is 0. The lowest BCUT2D eigenvalue weighted by atomic mass is 9.92. The minimum absolute atomic E-state index is 0.241. The zero-order valence-electron chi connectivity index (χ0n) is 8.87. The Hall–Kier alpha value is -1.36. The minimum atomic E-state index is -0.914. The zero-order chi connectivity index (χ0) is 11.6. The van der Waals surface area contributed by atoms with E-state index in [4.69, 9.17) is 0 Å². The molecule has 1 aliphatic rings. The van der Waals surface area contributed by atoms with Crippen LogP contribution in [0.5, 0.6) is 0 Å². The Balaban J connectivity index is 2.51. The largest absolute Gasteiger partial charge is 0.393 e. The molecule has 0 bridgehead atoms. The number of aliphatic hydroxyl groups is 3. The van der Waals surface area contributed by atoms with Crippen molar-refractivity contribution < 1.29 is 15.3 Å². The van der Waals surface area contributed by atoms with E-state index < -0.39 is 5.54 Å². The van der Waals surface area contributed by atoms with Gasteiger partial charge in [-0.2, -0.15) is 0 Å². The van der Waals surface area contributed by atoms with Gasteiger partial charge in [-0.15, -0.1) is 0 Å². The second kappa shape index (κ2) is 4.25. The number of fused-ring (bicyclic) bond motifs is 1. The molecule has 0 aliphatic carbocycles. The lowest BCUT2D eigenvalue weighted by Gasteiger charge is -2.42. The van der Waals surface area contributed by atoms with Gasteiger partial charge in [-0.05, 0) is 11.6 Å². The molecule has 0 saturated heterocycles. The topological polar surface area (TPSA) is 63.9 Å².